The van der Waals surface area contributed by atoms with Crippen molar-refractivity contribution in [2.45, 2.75) is 31.4 Å². The zero-order chi connectivity index (χ0) is 9.83. The molecule has 0 unspecified atom stereocenters. The van der Waals surface area contributed by atoms with Gasteiger partial charge in [0.15, 0.2) is 4.75 Å². The molecule has 0 amide bonds. The van der Waals surface area contributed by atoms with Gasteiger partial charge in [-0.1, -0.05) is 13.8 Å². The maximum atomic E-state index is 11.4. The van der Waals surface area contributed by atoms with Gasteiger partial charge in [0, 0.05) is 0 Å². The van der Waals surface area contributed by atoms with Crippen molar-refractivity contribution in [2.24, 2.45) is 0 Å². The lowest BCUT2D eigenvalue weighted by Gasteiger charge is -2.22. The van der Waals surface area contributed by atoms with E-state index in [9.17, 15) is 8.42 Å². The van der Waals surface area contributed by atoms with E-state index in [1.807, 2.05) is 6.07 Å². The lowest BCUT2D eigenvalue weighted by atomic mass is 10.1. The predicted molar refractivity (Wildman–Crippen MR) is 46.9 cm³/mol. The molecule has 12 heavy (non-hydrogen) atoms. The summed E-state index contributed by atoms with van der Waals surface area (Å²) in [6.07, 6.45) is 0.617. The van der Waals surface area contributed by atoms with Gasteiger partial charge in [-0.25, -0.2) is 13.1 Å². The molecule has 0 saturated carbocycles. The molecule has 0 aromatic heterocycles. The Morgan fingerprint density at radius 3 is 1.92 bits per heavy atom. The highest BCUT2D eigenvalue weighted by molar-refractivity contribution is 7.91. The minimum atomic E-state index is -3.48. The monoisotopic (exact) mass is 190 g/mol. The summed E-state index contributed by atoms with van der Waals surface area (Å²) < 4.78 is 23.7. The van der Waals surface area contributed by atoms with Gasteiger partial charge in [-0.15, -0.1) is 0 Å². The summed E-state index contributed by atoms with van der Waals surface area (Å²) in [6.45, 7) is 3.39. The number of nitriles is 1. The van der Waals surface area contributed by atoms with Gasteiger partial charge in [-0.2, -0.15) is 5.26 Å². The van der Waals surface area contributed by atoms with Crippen molar-refractivity contribution in [1.82, 2.24) is 4.72 Å². The SMILES string of the molecule is CCC(C#N)(CC)S(=O)(=O)NC. The van der Waals surface area contributed by atoms with E-state index >= 15 is 0 Å². The molecule has 0 radical (unpaired) electrons. The van der Waals surface area contributed by atoms with E-state index in [2.05, 4.69) is 4.72 Å². The molecule has 70 valence electrons. The molecular weight excluding hydrogens is 176 g/mol. The first-order valence-corrected chi connectivity index (χ1v) is 5.32. The molecule has 0 aromatic rings. The number of rotatable bonds is 4. The molecule has 0 bridgehead atoms. The van der Waals surface area contributed by atoms with Gasteiger partial charge < -0.3 is 0 Å². The van der Waals surface area contributed by atoms with Gasteiger partial charge in [0.25, 0.3) is 0 Å². The molecule has 0 aliphatic carbocycles. The van der Waals surface area contributed by atoms with E-state index < -0.39 is 14.8 Å². The Morgan fingerprint density at radius 1 is 1.42 bits per heavy atom. The third-order valence-corrected chi connectivity index (χ3v) is 4.36. The standard InChI is InChI=1S/C7H14N2O2S/c1-4-7(5-2,6-8)12(10,11)9-3/h9H,4-5H2,1-3H3. The lowest BCUT2D eigenvalue weighted by molar-refractivity contribution is 0.531. The second-order valence-corrected chi connectivity index (χ2v) is 4.72. The summed E-state index contributed by atoms with van der Waals surface area (Å²) >= 11 is 0. The quantitative estimate of drug-likeness (QED) is 0.706. The molecule has 0 atom stereocenters. The number of nitrogens with zero attached hydrogens (tertiary/aromatic N) is 1. The van der Waals surface area contributed by atoms with E-state index in [4.69, 9.17) is 5.26 Å². The van der Waals surface area contributed by atoms with E-state index in [0.717, 1.165) is 0 Å². The van der Waals surface area contributed by atoms with Crippen LogP contribution in [0.25, 0.3) is 0 Å². The van der Waals surface area contributed by atoms with Gasteiger partial charge in [0.1, 0.15) is 0 Å². The molecular formula is C7H14N2O2S. The molecule has 5 heteroatoms. The molecule has 0 aromatic carbocycles. The number of hydrogen-bond donors (Lipinski definition) is 1. The first-order valence-electron chi connectivity index (χ1n) is 3.84. The van der Waals surface area contributed by atoms with Crippen LogP contribution in [0.4, 0.5) is 0 Å². The van der Waals surface area contributed by atoms with E-state index in [0.29, 0.717) is 12.8 Å². The van der Waals surface area contributed by atoms with Crippen LogP contribution in [0, 0.1) is 11.3 Å². The van der Waals surface area contributed by atoms with Crippen LogP contribution >= 0.6 is 0 Å². The average molecular weight is 190 g/mol. The van der Waals surface area contributed by atoms with E-state index in [1.54, 1.807) is 13.8 Å². The first-order chi connectivity index (χ1) is 5.49. The Morgan fingerprint density at radius 2 is 1.83 bits per heavy atom. The molecule has 0 fully saturated rings. The summed E-state index contributed by atoms with van der Waals surface area (Å²) in [5.74, 6) is 0. The van der Waals surface area contributed by atoms with E-state index in [1.165, 1.54) is 7.05 Å². The molecule has 0 heterocycles. The van der Waals surface area contributed by atoms with Crippen LogP contribution in [0.5, 0.6) is 0 Å². The second-order valence-electron chi connectivity index (χ2n) is 2.52. The maximum absolute atomic E-state index is 11.4. The fourth-order valence-corrected chi connectivity index (χ4v) is 2.31. The largest absolute Gasteiger partial charge is 0.230 e. The first kappa shape index (κ1) is 11.4. The highest BCUT2D eigenvalue weighted by Gasteiger charge is 2.39. The number of sulfonamides is 1. The average Bonchev–Trinajstić information content (AvgIpc) is 2.08. The summed E-state index contributed by atoms with van der Waals surface area (Å²) in [5, 5.41) is 8.77. The van der Waals surface area contributed by atoms with Crippen molar-refractivity contribution < 1.29 is 8.42 Å². The van der Waals surface area contributed by atoms with Crippen molar-refractivity contribution in [3.8, 4) is 6.07 Å². The number of hydrogen-bond acceptors (Lipinski definition) is 3. The summed E-state index contributed by atoms with van der Waals surface area (Å²) in [5.41, 5.74) is 0. The van der Waals surface area contributed by atoms with Gasteiger partial charge in [0.05, 0.1) is 6.07 Å². The fourth-order valence-electron chi connectivity index (χ4n) is 1.04. The van der Waals surface area contributed by atoms with Crippen LogP contribution in [0.1, 0.15) is 26.7 Å². The van der Waals surface area contributed by atoms with E-state index in [-0.39, 0.29) is 0 Å². The second kappa shape index (κ2) is 3.87. The zero-order valence-electron chi connectivity index (χ0n) is 7.59. The van der Waals surface area contributed by atoms with Crippen molar-refractivity contribution in [3.63, 3.8) is 0 Å². The third-order valence-electron chi connectivity index (χ3n) is 2.13. The van der Waals surface area contributed by atoms with Gasteiger partial charge in [-0.3, -0.25) is 0 Å². The van der Waals surface area contributed by atoms with Crippen molar-refractivity contribution in [1.29, 1.82) is 5.26 Å². The van der Waals surface area contributed by atoms with Crippen LogP contribution in [0.3, 0.4) is 0 Å². The minimum absolute atomic E-state index is 0.309. The zero-order valence-corrected chi connectivity index (χ0v) is 8.40. The summed E-state index contributed by atoms with van der Waals surface area (Å²) in [6, 6.07) is 1.86. The Bertz CT molecular complexity index is 272. The van der Waals surface area contributed by atoms with Crippen LogP contribution in [0.2, 0.25) is 0 Å². The van der Waals surface area contributed by atoms with Crippen LogP contribution in [-0.2, 0) is 10.0 Å². The predicted octanol–water partition coefficient (Wildman–Crippen LogP) is 0.618. The Hall–Kier alpha value is -0.600. The smallest absolute Gasteiger partial charge is 0.217 e. The van der Waals surface area contributed by atoms with Crippen molar-refractivity contribution in [3.05, 3.63) is 0 Å². The fraction of sp³-hybridized carbons (Fsp3) is 0.857. The summed E-state index contributed by atoms with van der Waals surface area (Å²) in [7, 11) is -2.16. The van der Waals surface area contributed by atoms with Crippen molar-refractivity contribution >= 4 is 10.0 Å². The van der Waals surface area contributed by atoms with Gasteiger partial charge in [-0.05, 0) is 19.9 Å². The van der Waals surface area contributed by atoms with Crippen LogP contribution in [0.15, 0.2) is 0 Å². The Labute approximate surface area is 73.6 Å². The van der Waals surface area contributed by atoms with Crippen molar-refractivity contribution in [2.75, 3.05) is 7.05 Å². The topological polar surface area (TPSA) is 70.0 Å². The summed E-state index contributed by atoms with van der Waals surface area (Å²) in [4.78, 5) is 0. The molecule has 0 saturated heterocycles. The molecule has 0 aliphatic heterocycles. The van der Waals surface area contributed by atoms with Gasteiger partial charge >= 0.3 is 0 Å². The maximum Gasteiger partial charge on any atom is 0.230 e. The van der Waals surface area contributed by atoms with Crippen LogP contribution in [-0.4, -0.2) is 20.2 Å². The highest BCUT2D eigenvalue weighted by Crippen LogP contribution is 2.23. The molecule has 4 nitrogen and oxygen atoms in total. The Kier molecular flexibility index (Phi) is 3.68. The number of nitrogens with one attached hydrogen (secondary N) is 1. The molecule has 1 N–H and O–H groups in total. The molecule has 0 spiro atoms. The molecule has 0 aliphatic rings. The molecule has 0 rings (SSSR count). The highest BCUT2D eigenvalue weighted by atomic mass is 32.2. The lowest BCUT2D eigenvalue weighted by Crippen LogP contribution is -2.42. The third kappa shape index (κ3) is 1.59. The normalized spacial score (nSPS) is 12.5. The van der Waals surface area contributed by atoms with Crippen LogP contribution < -0.4 is 4.72 Å². The minimum Gasteiger partial charge on any atom is -0.217 e. The Balaban J connectivity index is 5.16. The van der Waals surface area contributed by atoms with Gasteiger partial charge in [0.2, 0.25) is 10.0 Å².